The van der Waals surface area contributed by atoms with E-state index in [1.807, 2.05) is 6.92 Å². The Balaban J connectivity index is 2.49. The predicted molar refractivity (Wildman–Crippen MR) is 76.7 cm³/mol. The van der Waals surface area contributed by atoms with E-state index in [0.29, 0.717) is 12.5 Å². The molecular formula is C15H28N2O. The van der Waals surface area contributed by atoms with Crippen molar-refractivity contribution in [1.82, 2.24) is 9.88 Å². The van der Waals surface area contributed by atoms with Crippen LogP contribution in [0, 0.1) is 19.8 Å². The van der Waals surface area contributed by atoms with E-state index < -0.39 is 5.60 Å². The minimum Gasteiger partial charge on any atom is -0.389 e. The average molecular weight is 252 g/mol. The third kappa shape index (κ3) is 4.14. The van der Waals surface area contributed by atoms with Crippen LogP contribution in [0.2, 0.25) is 0 Å². The fraction of sp³-hybridized carbons (Fsp3) is 0.733. The number of aromatic nitrogens is 1. The van der Waals surface area contributed by atoms with Crippen molar-refractivity contribution in [3.05, 3.63) is 23.0 Å². The molecule has 1 aromatic rings. The third-order valence-corrected chi connectivity index (χ3v) is 3.55. The van der Waals surface area contributed by atoms with Gasteiger partial charge in [-0.25, -0.2) is 0 Å². The number of nitrogens with zero attached hydrogens (tertiary/aromatic N) is 1. The van der Waals surface area contributed by atoms with Crippen molar-refractivity contribution >= 4 is 0 Å². The summed E-state index contributed by atoms with van der Waals surface area (Å²) in [6.07, 6.45) is 0.826. The Kier molecular flexibility index (Phi) is 5.00. The molecule has 0 saturated carbocycles. The van der Waals surface area contributed by atoms with Crippen LogP contribution in [0.15, 0.2) is 6.07 Å². The predicted octanol–water partition coefficient (Wildman–Crippen LogP) is 2.53. The van der Waals surface area contributed by atoms with Gasteiger partial charge in [0.1, 0.15) is 0 Å². The molecule has 0 radical (unpaired) electrons. The monoisotopic (exact) mass is 252 g/mol. The summed E-state index contributed by atoms with van der Waals surface area (Å²) in [4.78, 5) is 0. The van der Waals surface area contributed by atoms with E-state index in [9.17, 15) is 5.11 Å². The molecule has 0 aliphatic rings. The summed E-state index contributed by atoms with van der Waals surface area (Å²) in [7, 11) is 2.09. The van der Waals surface area contributed by atoms with Gasteiger partial charge in [-0.3, -0.25) is 0 Å². The van der Waals surface area contributed by atoms with E-state index in [2.05, 4.69) is 50.7 Å². The summed E-state index contributed by atoms with van der Waals surface area (Å²) < 4.78 is 2.20. The lowest BCUT2D eigenvalue weighted by atomic mass is 9.94. The lowest BCUT2D eigenvalue weighted by Crippen LogP contribution is -2.38. The van der Waals surface area contributed by atoms with Crippen LogP contribution in [0.3, 0.4) is 0 Å². The zero-order valence-electron chi connectivity index (χ0n) is 12.7. The van der Waals surface area contributed by atoms with Crippen LogP contribution in [0.5, 0.6) is 0 Å². The molecule has 1 aromatic heterocycles. The Hall–Kier alpha value is -0.800. The Bertz CT molecular complexity index is 391. The van der Waals surface area contributed by atoms with Crippen LogP contribution in [-0.2, 0) is 13.6 Å². The van der Waals surface area contributed by atoms with E-state index in [1.165, 1.54) is 17.0 Å². The molecule has 1 unspecified atom stereocenters. The van der Waals surface area contributed by atoms with Crippen molar-refractivity contribution in [2.75, 3.05) is 6.54 Å². The highest BCUT2D eigenvalue weighted by Crippen LogP contribution is 2.16. The van der Waals surface area contributed by atoms with Gasteiger partial charge in [0.2, 0.25) is 0 Å². The van der Waals surface area contributed by atoms with Gasteiger partial charge in [-0.2, -0.15) is 0 Å². The van der Waals surface area contributed by atoms with Gasteiger partial charge in [-0.05, 0) is 44.7 Å². The van der Waals surface area contributed by atoms with E-state index in [0.717, 1.165) is 13.0 Å². The summed E-state index contributed by atoms with van der Waals surface area (Å²) >= 11 is 0. The third-order valence-electron chi connectivity index (χ3n) is 3.55. The maximum absolute atomic E-state index is 10.2. The molecule has 0 saturated heterocycles. The Morgan fingerprint density at radius 1 is 1.39 bits per heavy atom. The molecule has 18 heavy (non-hydrogen) atoms. The molecule has 104 valence electrons. The lowest BCUT2D eigenvalue weighted by Gasteiger charge is -2.25. The minimum absolute atomic E-state index is 0.516. The average Bonchev–Trinajstić information content (AvgIpc) is 2.44. The van der Waals surface area contributed by atoms with E-state index in [1.54, 1.807) is 0 Å². The largest absolute Gasteiger partial charge is 0.389 e. The fourth-order valence-corrected chi connectivity index (χ4v) is 2.53. The van der Waals surface area contributed by atoms with Crippen molar-refractivity contribution in [2.45, 2.75) is 53.2 Å². The van der Waals surface area contributed by atoms with Crippen molar-refractivity contribution in [1.29, 1.82) is 0 Å². The van der Waals surface area contributed by atoms with Gasteiger partial charge < -0.3 is 15.0 Å². The SMILES string of the molecule is Cc1cc(CNCC(C)(O)CC(C)C)c(C)n1C. The first-order valence-electron chi connectivity index (χ1n) is 6.78. The molecule has 0 bridgehead atoms. The zero-order valence-corrected chi connectivity index (χ0v) is 12.7. The smallest absolute Gasteiger partial charge is 0.0746 e. The molecule has 1 rings (SSSR count). The zero-order chi connectivity index (χ0) is 13.9. The van der Waals surface area contributed by atoms with E-state index in [-0.39, 0.29) is 0 Å². The van der Waals surface area contributed by atoms with Crippen molar-refractivity contribution in [3.8, 4) is 0 Å². The van der Waals surface area contributed by atoms with Crippen molar-refractivity contribution < 1.29 is 5.11 Å². The maximum Gasteiger partial charge on any atom is 0.0746 e. The van der Waals surface area contributed by atoms with Gasteiger partial charge in [0.05, 0.1) is 5.60 Å². The van der Waals surface area contributed by atoms with Crippen LogP contribution in [0.1, 0.15) is 44.1 Å². The molecule has 0 aromatic carbocycles. The lowest BCUT2D eigenvalue weighted by molar-refractivity contribution is 0.0383. The number of aryl methyl sites for hydroxylation is 1. The van der Waals surface area contributed by atoms with Crippen LogP contribution in [0.4, 0.5) is 0 Å². The first kappa shape index (κ1) is 15.3. The summed E-state index contributed by atoms with van der Waals surface area (Å²) in [5.74, 6) is 0.516. The number of hydrogen-bond donors (Lipinski definition) is 2. The number of nitrogens with one attached hydrogen (secondary N) is 1. The van der Waals surface area contributed by atoms with Gasteiger partial charge in [0, 0.05) is 31.5 Å². The Labute approximate surface area is 111 Å². The molecule has 1 heterocycles. The molecule has 0 aliphatic carbocycles. The van der Waals surface area contributed by atoms with Crippen LogP contribution >= 0.6 is 0 Å². The normalized spacial score (nSPS) is 15.1. The molecular weight excluding hydrogens is 224 g/mol. The van der Waals surface area contributed by atoms with Crippen molar-refractivity contribution in [2.24, 2.45) is 13.0 Å². The number of aliphatic hydroxyl groups is 1. The second-order valence-corrected chi connectivity index (χ2v) is 6.15. The van der Waals surface area contributed by atoms with Gasteiger partial charge >= 0.3 is 0 Å². The van der Waals surface area contributed by atoms with Crippen LogP contribution in [0.25, 0.3) is 0 Å². The second kappa shape index (κ2) is 5.89. The van der Waals surface area contributed by atoms with E-state index in [4.69, 9.17) is 0 Å². The topological polar surface area (TPSA) is 37.2 Å². The van der Waals surface area contributed by atoms with Crippen LogP contribution in [-0.4, -0.2) is 21.8 Å². The van der Waals surface area contributed by atoms with Gasteiger partial charge in [0.15, 0.2) is 0 Å². The summed E-state index contributed by atoms with van der Waals surface area (Å²) in [5, 5.41) is 13.6. The minimum atomic E-state index is -0.619. The fourth-order valence-electron chi connectivity index (χ4n) is 2.53. The summed E-state index contributed by atoms with van der Waals surface area (Å²) in [5.41, 5.74) is 3.27. The maximum atomic E-state index is 10.2. The first-order chi connectivity index (χ1) is 8.23. The van der Waals surface area contributed by atoms with Gasteiger partial charge in [-0.1, -0.05) is 13.8 Å². The highest BCUT2D eigenvalue weighted by atomic mass is 16.3. The highest BCUT2D eigenvalue weighted by molar-refractivity contribution is 5.26. The highest BCUT2D eigenvalue weighted by Gasteiger charge is 2.21. The van der Waals surface area contributed by atoms with E-state index >= 15 is 0 Å². The standard InChI is InChI=1S/C15H28N2O/c1-11(2)8-15(5,18)10-16-9-14-7-12(3)17(6)13(14)4/h7,11,16,18H,8-10H2,1-6H3. The summed E-state index contributed by atoms with van der Waals surface area (Å²) in [6, 6.07) is 2.21. The van der Waals surface area contributed by atoms with Gasteiger partial charge in [0.25, 0.3) is 0 Å². The second-order valence-electron chi connectivity index (χ2n) is 6.15. The van der Waals surface area contributed by atoms with Crippen molar-refractivity contribution in [3.63, 3.8) is 0 Å². The first-order valence-corrected chi connectivity index (χ1v) is 6.78. The van der Waals surface area contributed by atoms with Gasteiger partial charge in [-0.15, -0.1) is 0 Å². The molecule has 2 N–H and O–H groups in total. The Morgan fingerprint density at radius 2 is 2.00 bits per heavy atom. The summed E-state index contributed by atoms with van der Waals surface area (Å²) in [6.45, 7) is 11.9. The molecule has 0 spiro atoms. The molecule has 0 fully saturated rings. The number of hydrogen-bond acceptors (Lipinski definition) is 2. The molecule has 0 amide bonds. The molecule has 0 aliphatic heterocycles. The molecule has 3 heteroatoms. The number of rotatable bonds is 6. The van der Waals surface area contributed by atoms with Crippen LogP contribution < -0.4 is 5.32 Å². The quantitative estimate of drug-likeness (QED) is 0.816. The molecule has 1 atom stereocenters. The Morgan fingerprint density at radius 3 is 2.44 bits per heavy atom. The molecule has 3 nitrogen and oxygen atoms in total.